The number of nitrogen functional groups attached to an aromatic ring is 1. The van der Waals surface area contributed by atoms with E-state index in [2.05, 4.69) is 27.4 Å². The van der Waals surface area contributed by atoms with Crippen LogP contribution in [0.4, 0.5) is 11.6 Å². The van der Waals surface area contributed by atoms with Gasteiger partial charge in [0.05, 0.1) is 5.37 Å². The van der Waals surface area contributed by atoms with E-state index < -0.39 is 0 Å². The fourth-order valence-corrected chi connectivity index (χ4v) is 3.51. The van der Waals surface area contributed by atoms with E-state index in [-0.39, 0.29) is 0 Å². The van der Waals surface area contributed by atoms with Crippen molar-refractivity contribution in [2.45, 2.75) is 30.2 Å². The summed E-state index contributed by atoms with van der Waals surface area (Å²) in [5, 5.41) is 4.88. The average molecular weight is 272 g/mol. The number of aromatic nitrogens is 2. The number of thioether (sulfide) groups is 1. The minimum absolute atomic E-state index is 0.337. The third kappa shape index (κ3) is 2.66. The molecule has 1 aromatic carbocycles. The first kappa shape index (κ1) is 12.3. The predicted molar refractivity (Wildman–Crippen MR) is 79.2 cm³/mol. The van der Waals surface area contributed by atoms with Crippen LogP contribution in [0.1, 0.15) is 17.7 Å². The van der Waals surface area contributed by atoms with Crippen molar-refractivity contribution in [1.29, 1.82) is 0 Å². The predicted octanol–water partition coefficient (Wildman–Crippen LogP) is 2.84. The highest BCUT2D eigenvalue weighted by Crippen LogP contribution is 2.35. The van der Waals surface area contributed by atoms with Gasteiger partial charge in [0.25, 0.3) is 0 Å². The maximum atomic E-state index is 5.72. The van der Waals surface area contributed by atoms with Gasteiger partial charge in [-0.1, -0.05) is 30.0 Å². The van der Waals surface area contributed by atoms with Crippen LogP contribution >= 0.6 is 11.8 Å². The van der Waals surface area contributed by atoms with E-state index in [1.165, 1.54) is 5.56 Å². The number of hydrogen-bond donors (Lipinski definition) is 2. The van der Waals surface area contributed by atoms with E-state index >= 15 is 0 Å². The zero-order valence-electron chi connectivity index (χ0n) is 10.8. The summed E-state index contributed by atoms with van der Waals surface area (Å²) < 4.78 is 0. The summed E-state index contributed by atoms with van der Waals surface area (Å²) >= 11 is 1.74. The second-order valence-corrected chi connectivity index (χ2v) is 5.80. The standard InChI is InChI=1S/C14H16N4S/c1-9-11-7-8-12(17-10-5-3-2-4-6-10)19-13(11)18-14(15)16-9/h2-6,12,17H,7-8H2,1H3,(H2,15,16,18)/t12-/m1/s1. The van der Waals surface area contributed by atoms with E-state index in [9.17, 15) is 0 Å². The normalized spacial score (nSPS) is 17.8. The van der Waals surface area contributed by atoms with Crippen LogP contribution in [-0.4, -0.2) is 15.3 Å². The smallest absolute Gasteiger partial charge is 0.221 e. The number of benzene rings is 1. The molecule has 4 nitrogen and oxygen atoms in total. The Balaban J connectivity index is 1.79. The Kier molecular flexibility index (Phi) is 3.29. The molecule has 0 saturated heterocycles. The molecular formula is C14H16N4S. The fourth-order valence-electron chi connectivity index (χ4n) is 2.27. The molecule has 2 heterocycles. The van der Waals surface area contributed by atoms with Crippen molar-refractivity contribution in [3.05, 3.63) is 41.6 Å². The lowest BCUT2D eigenvalue weighted by atomic mass is 10.1. The molecule has 2 aromatic rings. The van der Waals surface area contributed by atoms with Crippen molar-refractivity contribution in [3.63, 3.8) is 0 Å². The van der Waals surface area contributed by atoms with E-state index in [0.29, 0.717) is 11.3 Å². The van der Waals surface area contributed by atoms with Gasteiger partial charge in [-0.2, -0.15) is 0 Å². The maximum absolute atomic E-state index is 5.72. The van der Waals surface area contributed by atoms with Gasteiger partial charge in [0, 0.05) is 16.9 Å². The summed E-state index contributed by atoms with van der Waals surface area (Å²) in [7, 11) is 0. The van der Waals surface area contributed by atoms with Crippen molar-refractivity contribution in [2.75, 3.05) is 11.1 Å². The van der Waals surface area contributed by atoms with Crippen LogP contribution in [0.3, 0.4) is 0 Å². The lowest BCUT2D eigenvalue weighted by Crippen LogP contribution is -2.22. The molecule has 0 aliphatic carbocycles. The largest absolute Gasteiger partial charge is 0.373 e. The Labute approximate surface area is 116 Å². The Hall–Kier alpha value is -1.75. The van der Waals surface area contributed by atoms with E-state index in [0.717, 1.165) is 29.2 Å². The lowest BCUT2D eigenvalue weighted by molar-refractivity contribution is 0.755. The Morgan fingerprint density at radius 3 is 2.84 bits per heavy atom. The first-order valence-electron chi connectivity index (χ1n) is 6.33. The molecule has 0 bridgehead atoms. The molecule has 0 fully saturated rings. The zero-order chi connectivity index (χ0) is 13.2. The Morgan fingerprint density at radius 1 is 1.26 bits per heavy atom. The van der Waals surface area contributed by atoms with Crippen LogP contribution in [0.5, 0.6) is 0 Å². The number of nitrogens with one attached hydrogen (secondary N) is 1. The van der Waals surface area contributed by atoms with Gasteiger partial charge < -0.3 is 11.1 Å². The SMILES string of the molecule is Cc1nc(N)nc2c1CC[C@H](Nc1ccccc1)S2. The number of para-hydroxylation sites is 1. The molecule has 3 N–H and O–H groups in total. The van der Waals surface area contributed by atoms with Crippen molar-refractivity contribution in [1.82, 2.24) is 9.97 Å². The number of hydrogen-bond acceptors (Lipinski definition) is 5. The monoisotopic (exact) mass is 272 g/mol. The molecular weight excluding hydrogens is 256 g/mol. The molecule has 1 aromatic heterocycles. The van der Waals surface area contributed by atoms with Gasteiger partial charge in [-0.3, -0.25) is 0 Å². The molecule has 1 atom stereocenters. The summed E-state index contributed by atoms with van der Waals surface area (Å²) in [6.07, 6.45) is 2.07. The highest BCUT2D eigenvalue weighted by atomic mass is 32.2. The minimum atomic E-state index is 0.337. The number of aryl methyl sites for hydroxylation is 1. The molecule has 98 valence electrons. The number of fused-ring (bicyclic) bond motifs is 1. The van der Waals surface area contributed by atoms with Gasteiger partial charge in [-0.05, 0) is 31.9 Å². The van der Waals surface area contributed by atoms with E-state index in [4.69, 9.17) is 5.73 Å². The van der Waals surface area contributed by atoms with E-state index in [1.54, 1.807) is 11.8 Å². The Morgan fingerprint density at radius 2 is 2.05 bits per heavy atom. The zero-order valence-corrected chi connectivity index (χ0v) is 11.6. The number of nitrogens with zero attached hydrogens (tertiary/aromatic N) is 2. The van der Waals surface area contributed by atoms with Crippen molar-refractivity contribution in [3.8, 4) is 0 Å². The van der Waals surface area contributed by atoms with Crippen LogP contribution in [0.25, 0.3) is 0 Å². The van der Waals surface area contributed by atoms with Gasteiger partial charge >= 0.3 is 0 Å². The van der Waals surface area contributed by atoms with Gasteiger partial charge in [-0.25, -0.2) is 9.97 Å². The molecule has 0 spiro atoms. The molecule has 19 heavy (non-hydrogen) atoms. The molecule has 0 amide bonds. The second-order valence-electron chi connectivity index (χ2n) is 4.61. The van der Waals surface area contributed by atoms with Crippen molar-refractivity contribution < 1.29 is 0 Å². The van der Waals surface area contributed by atoms with Gasteiger partial charge in [0.15, 0.2) is 0 Å². The van der Waals surface area contributed by atoms with Gasteiger partial charge in [0.1, 0.15) is 5.03 Å². The maximum Gasteiger partial charge on any atom is 0.221 e. The molecule has 0 radical (unpaired) electrons. The highest BCUT2D eigenvalue weighted by molar-refractivity contribution is 8.00. The summed E-state index contributed by atoms with van der Waals surface area (Å²) in [5.74, 6) is 0.365. The third-order valence-electron chi connectivity index (χ3n) is 3.21. The summed E-state index contributed by atoms with van der Waals surface area (Å²) in [4.78, 5) is 8.58. The van der Waals surface area contributed by atoms with E-state index in [1.807, 2.05) is 25.1 Å². The fraction of sp³-hybridized carbons (Fsp3) is 0.286. The Bertz CT molecular complexity index is 585. The van der Waals surface area contributed by atoms with Gasteiger partial charge in [-0.15, -0.1) is 0 Å². The molecule has 3 rings (SSSR count). The number of rotatable bonds is 2. The first-order chi connectivity index (χ1) is 9.22. The van der Waals surface area contributed by atoms with Crippen LogP contribution in [0.15, 0.2) is 35.4 Å². The molecule has 5 heteroatoms. The first-order valence-corrected chi connectivity index (χ1v) is 7.21. The highest BCUT2D eigenvalue weighted by Gasteiger charge is 2.22. The molecule has 0 unspecified atom stereocenters. The molecule has 0 saturated carbocycles. The lowest BCUT2D eigenvalue weighted by Gasteiger charge is -2.25. The molecule has 1 aliphatic rings. The quantitative estimate of drug-likeness (QED) is 0.823. The van der Waals surface area contributed by atoms with Gasteiger partial charge in [0.2, 0.25) is 5.95 Å². The summed E-state index contributed by atoms with van der Waals surface area (Å²) in [6.45, 7) is 2.00. The minimum Gasteiger partial charge on any atom is -0.373 e. The van der Waals surface area contributed by atoms with Crippen LogP contribution < -0.4 is 11.1 Å². The average Bonchev–Trinajstić information content (AvgIpc) is 2.39. The van der Waals surface area contributed by atoms with Crippen molar-refractivity contribution in [2.24, 2.45) is 0 Å². The summed E-state index contributed by atoms with van der Waals surface area (Å²) in [5.41, 5.74) is 9.11. The van der Waals surface area contributed by atoms with Crippen LogP contribution in [0.2, 0.25) is 0 Å². The topological polar surface area (TPSA) is 63.8 Å². The number of nitrogens with two attached hydrogens (primary N) is 1. The molecule has 1 aliphatic heterocycles. The van der Waals surface area contributed by atoms with Crippen LogP contribution in [-0.2, 0) is 6.42 Å². The van der Waals surface area contributed by atoms with Crippen molar-refractivity contribution >= 4 is 23.4 Å². The third-order valence-corrected chi connectivity index (χ3v) is 4.40. The second kappa shape index (κ2) is 5.09. The number of anilines is 2. The van der Waals surface area contributed by atoms with Crippen LogP contribution in [0, 0.1) is 6.92 Å². The summed E-state index contributed by atoms with van der Waals surface area (Å²) in [6, 6.07) is 10.2.